The number of ether oxygens (including phenoxy) is 1. The Morgan fingerprint density at radius 2 is 1.76 bits per heavy atom. The average Bonchev–Trinajstić information content (AvgIpc) is 3.61. The Morgan fingerprint density at radius 1 is 0.976 bits per heavy atom. The number of rotatable bonds is 6. The third kappa shape index (κ3) is 4.81. The van der Waals surface area contributed by atoms with Gasteiger partial charge in [-0.05, 0) is 74.0 Å². The zero-order valence-corrected chi connectivity index (χ0v) is 22.8. The van der Waals surface area contributed by atoms with E-state index in [0.29, 0.717) is 28.3 Å². The summed E-state index contributed by atoms with van der Waals surface area (Å²) in [6, 6.07) is 14.7. The van der Waals surface area contributed by atoms with E-state index in [4.69, 9.17) is 4.74 Å². The second kappa shape index (κ2) is 10.4. The number of benzene rings is 3. The van der Waals surface area contributed by atoms with Crippen molar-refractivity contribution in [3.8, 4) is 28.3 Å². The number of carbonyl (C=O) groups excluding carboxylic acids is 1. The molecule has 6 aromatic rings. The first kappa shape index (κ1) is 26.6. The average molecular weight is 567 g/mol. The van der Waals surface area contributed by atoms with Crippen LogP contribution in [-0.2, 0) is 7.05 Å². The lowest BCUT2D eigenvalue weighted by Gasteiger charge is -2.15. The number of carbonyl (C=O) groups is 1. The lowest BCUT2D eigenvalue weighted by molar-refractivity contribution is 0.102. The molecule has 0 spiro atoms. The van der Waals surface area contributed by atoms with Crippen molar-refractivity contribution < 1.29 is 18.3 Å². The molecule has 0 atom stereocenters. The standard InChI is InChI=1S/C31H24F2N6O3/c1-17-10-18(2)39(23-7-4-21(32)5-8-23)31(41)29(17)30(40)37-22-6-9-27(25(33)12-22)42-28-11-19-16-36-38(3)26(19)13-24(28)20-14-34-35-15-20/h4-16H,1-3H3,(H,34,35)(H,37,40). The topological polar surface area (TPSA) is 107 Å². The molecule has 0 aliphatic carbocycles. The van der Waals surface area contributed by atoms with Crippen LogP contribution in [0.25, 0.3) is 27.7 Å². The van der Waals surface area contributed by atoms with Gasteiger partial charge in [-0.3, -0.25) is 23.9 Å². The van der Waals surface area contributed by atoms with E-state index >= 15 is 4.39 Å². The zero-order chi connectivity index (χ0) is 29.5. The van der Waals surface area contributed by atoms with Crippen LogP contribution in [0.5, 0.6) is 11.5 Å². The van der Waals surface area contributed by atoms with Crippen molar-refractivity contribution in [1.82, 2.24) is 24.5 Å². The normalized spacial score (nSPS) is 11.2. The van der Waals surface area contributed by atoms with E-state index in [1.807, 2.05) is 13.1 Å². The first-order chi connectivity index (χ1) is 20.2. The summed E-state index contributed by atoms with van der Waals surface area (Å²) in [5, 5.41) is 14.5. The fourth-order valence-corrected chi connectivity index (χ4v) is 4.94. The van der Waals surface area contributed by atoms with Gasteiger partial charge in [-0.25, -0.2) is 8.78 Å². The fraction of sp³-hybridized carbons (Fsp3) is 0.0968. The molecule has 3 heterocycles. The predicted octanol–water partition coefficient (Wildman–Crippen LogP) is 6.05. The first-order valence-electron chi connectivity index (χ1n) is 12.9. The van der Waals surface area contributed by atoms with Gasteiger partial charge < -0.3 is 10.1 Å². The van der Waals surface area contributed by atoms with Gasteiger partial charge >= 0.3 is 0 Å². The zero-order valence-electron chi connectivity index (χ0n) is 22.8. The Kier molecular flexibility index (Phi) is 6.62. The second-order valence-electron chi connectivity index (χ2n) is 9.82. The predicted molar refractivity (Wildman–Crippen MR) is 154 cm³/mol. The number of aromatic amines is 1. The van der Waals surface area contributed by atoms with Crippen molar-refractivity contribution in [3.05, 3.63) is 118 Å². The number of hydrogen-bond donors (Lipinski definition) is 2. The fourth-order valence-electron chi connectivity index (χ4n) is 4.94. The summed E-state index contributed by atoms with van der Waals surface area (Å²) < 4.78 is 37.8. The van der Waals surface area contributed by atoms with Gasteiger partial charge in [0.2, 0.25) is 0 Å². The maximum atomic E-state index is 15.3. The number of halogens is 2. The minimum atomic E-state index is -0.721. The van der Waals surface area contributed by atoms with Crippen molar-refractivity contribution in [3.63, 3.8) is 0 Å². The summed E-state index contributed by atoms with van der Waals surface area (Å²) in [5.41, 5.74) is 3.19. The van der Waals surface area contributed by atoms with Crippen molar-refractivity contribution in [2.45, 2.75) is 13.8 Å². The molecule has 0 bridgehead atoms. The number of aromatic nitrogens is 5. The summed E-state index contributed by atoms with van der Waals surface area (Å²) in [7, 11) is 1.82. The van der Waals surface area contributed by atoms with Crippen molar-refractivity contribution in [2.24, 2.45) is 7.05 Å². The summed E-state index contributed by atoms with van der Waals surface area (Å²) in [6.07, 6.45) is 5.03. The minimum Gasteiger partial charge on any atom is -0.454 e. The van der Waals surface area contributed by atoms with E-state index in [1.165, 1.54) is 41.0 Å². The Morgan fingerprint density at radius 3 is 2.48 bits per heavy atom. The molecule has 0 aliphatic rings. The third-order valence-electron chi connectivity index (χ3n) is 6.97. The van der Waals surface area contributed by atoms with Crippen LogP contribution >= 0.6 is 0 Å². The Labute approximate surface area is 238 Å². The highest BCUT2D eigenvalue weighted by Crippen LogP contribution is 2.37. The van der Waals surface area contributed by atoms with E-state index in [0.717, 1.165) is 22.5 Å². The van der Waals surface area contributed by atoms with Crippen LogP contribution in [0.15, 0.2) is 84.0 Å². The molecule has 210 valence electrons. The maximum Gasteiger partial charge on any atom is 0.268 e. The molecular weight excluding hydrogens is 542 g/mol. The summed E-state index contributed by atoms with van der Waals surface area (Å²) in [6.45, 7) is 3.37. The summed E-state index contributed by atoms with van der Waals surface area (Å²) in [4.78, 5) is 26.6. The third-order valence-corrected chi connectivity index (χ3v) is 6.97. The molecule has 0 unspecified atom stereocenters. The Hall–Kier alpha value is -5.58. The van der Waals surface area contributed by atoms with Gasteiger partial charge in [0, 0.05) is 52.9 Å². The van der Waals surface area contributed by atoms with Gasteiger partial charge in [0.25, 0.3) is 11.5 Å². The summed E-state index contributed by atoms with van der Waals surface area (Å²) >= 11 is 0. The van der Waals surface area contributed by atoms with E-state index in [9.17, 15) is 14.0 Å². The van der Waals surface area contributed by atoms with E-state index < -0.39 is 23.1 Å². The van der Waals surface area contributed by atoms with Crippen molar-refractivity contribution in [2.75, 3.05) is 5.32 Å². The van der Waals surface area contributed by atoms with Crippen LogP contribution in [0.4, 0.5) is 14.5 Å². The Balaban J connectivity index is 1.29. The van der Waals surface area contributed by atoms with Gasteiger partial charge in [-0.1, -0.05) is 0 Å². The van der Waals surface area contributed by atoms with Crippen LogP contribution < -0.4 is 15.6 Å². The van der Waals surface area contributed by atoms with Crippen LogP contribution in [-0.4, -0.2) is 30.5 Å². The number of nitrogens with zero attached hydrogens (tertiary/aromatic N) is 4. The lowest BCUT2D eigenvalue weighted by atomic mass is 10.1. The molecule has 3 aromatic carbocycles. The van der Waals surface area contributed by atoms with Crippen LogP contribution in [0.2, 0.25) is 0 Å². The number of hydrogen-bond acceptors (Lipinski definition) is 5. The molecular formula is C31H24F2N6O3. The molecule has 0 radical (unpaired) electrons. The minimum absolute atomic E-state index is 0.0637. The molecule has 9 nitrogen and oxygen atoms in total. The number of amides is 1. The number of pyridine rings is 1. The molecule has 0 fully saturated rings. The second-order valence-corrected chi connectivity index (χ2v) is 9.82. The Bertz CT molecular complexity index is 2030. The smallest absolute Gasteiger partial charge is 0.268 e. The number of H-pyrrole nitrogens is 1. The molecule has 0 aliphatic heterocycles. The number of anilines is 1. The molecule has 1 amide bonds. The number of fused-ring (bicyclic) bond motifs is 1. The van der Waals surface area contributed by atoms with Gasteiger partial charge in [-0.15, -0.1) is 0 Å². The van der Waals surface area contributed by atoms with Crippen LogP contribution in [0.3, 0.4) is 0 Å². The van der Waals surface area contributed by atoms with Gasteiger partial charge in [0.1, 0.15) is 17.1 Å². The summed E-state index contributed by atoms with van der Waals surface area (Å²) in [5.74, 6) is -1.54. The van der Waals surface area contributed by atoms with Gasteiger partial charge in [-0.2, -0.15) is 10.2 Å². The number of aryl methyl sites for hydroxylation is 3. The molecule has 6 rings (SSSR count). The van der Waals surface area contributed by atoms with Crippen LogP contribution in [0, 0.1) is 25.5 Å². The highest BCUT2D eigenvalue weighted by atomic mass is 19.1. The SMILES string of the molecule is Cc1cc(C)n(-c2ccc(F)cc2)c(=O)c1C(=O)Nc1ccc(Oc2cc3cnn(C)c3cc2-c2cn[nH]c2)c(F)c1. The quantitative estimate of drug-likeness (QED) is 0.255. The molecule has 11 heteroatoms. The lowest BCUT2D eigenvalue weighted by Crippen LogP contribution is -2.31. The monoisotopic (exact) mass is 566 g/mol. The van der Waals surface area contributed by atoms with E-state index in [2.05, 4.69) is 20.6 Å². The van der Waals surface area contributed by atoms with Crippen molar-refractivity contribution in [1.29, 1.82) is 0 Å². The number of nitrogens with one attached hydrogen (secondary N) is 2. The molecule has 3 aromatic heterocycles. The largest absolute Gasteiger partial charge is 0.454 e. The first-order valence-corrected chi connectivity index (χ1v) is 12.9. The molecule has 2 N–H and O–H groups in total. The highest BCUT2D eigenvalue weighted by molar-refractivity contribution is 6.05. The van der Waals surface area contributed by atoms with Gasteiger partial charge in [0.15, 0.2) is 11.6 Å². The van der Waals surface area contributed by atoms with Crippen LogP contribution in [0.1, 0.15) is 21.6 Å². The van der Waals surface area contributed by atoms with Gasteiger partial charge in [0.05, 0.1) is 17.9 Å². The molecule has 0 saturated heterocycles. The van der Waals surface area contributed by atoms with E-state index in [-0.39, 0.29) is 17.0 Å². The maximum absolute atomic E-state index is 15.3. The highest BCUT2D eigenvalue weighted by Gasteiger charge is 2.20. The molecule has 42 heavy (non-hydrogen) atoms. The molecule has 0 saturated carbocycles. The van der Waals surface area contributed by atoms with Crippen molar-refractivity contribution >= 4 is 22.5 Å². The van der Waals surface area contributed by atoms with E-state index in [1.54, 1.807) is 49.3 Å².